The van der Waals surface area contributed by atoms with Crippen LogP contribution in [0, 0.1) is 0 Å². The van der Waals surface area contributed by atoms with Crippen LogP contribution in [0.25, 0.3) is 0 Å². The van der Waals surface area contributed by atoms with E-state index in [0.717, 1.165) is 77.0 Å². The molecule has 2 rings (SSSR count). The molecule has 14 nitrogen and oxygen atoms in total. The zero-order valence-corrected chi connectivity index (χ0v) is 63.7. The Morgan fingerprint density at radius 1 is 0.370 bits per heavy atom. The third-order valence-corrected chi connectivity index (χ3v) is 19.7. The summed E-state index contributed by atoms with van der Waals surface area (Å²) < 4.78 is 22.9. The summed E-state index contributed by atoms with van der Waals surface area (Å²) in [6.45, 7) is 2.71. The van der Waals surface area contributed by atoms with Crippen LogP contribution in [-0.4, -0.2) is 140 Å². The molecule has 0 saturated carbocycles. The van der Waals surface area contributed by atoms with Crippen molar-refractivity contribution in [3.05, 3.63) is 97.2 Å². The largest absolute Gasteiger partial charge is 0.394 e. The Balaban J connectivity index is 1.60. The summed E-state index contributed by atoms with van der Waals surface area (Å²) in [5, 5.41) is 87.7. The first-order valence-electron chi connectivity index (χ1n) is 41.5. The summed E-state index contributed by atoms with van der Waals surface area (Å²) in [7, 11) is 0. The Bertz CT molecular complexity index is 2050. The van der Waals surface area contributed by atoms with Crippen molar-refractivity contribution in [1.29, 1.82) is 0 Å². The average molecular weight is 1410 g/mol. The molecule has 2 heterocycles. The van der Waals surface area contributed by atoms with Crippen molar-refractivity contribution in [2.75, 3.05) is 19.8 Å². The molecular weight excluding hydrogens is 1250 g/mol. The van der Waals surface area contributed by atoms with Crippen molar-refractivity contribution in [2.45, 2.75) is 421 Å². The Hall–Kier alpha value is -3.09. The number of allylic oxidation sites excluding steroid dienone is 15. The third-order valence-electron chi connectivity index (χ3n) is 19.7. The summed E-state index contributed by atoms with van der Waals surface area (Å²) in [5.74, 6) is -0.249. The Morgan fingerprint density at radius 3 is 1.10 bits per heavy atom. The molecule has 0 aliphatic carbocycles. The quantitative estimate of drug-likeness (QED) is 0.0204. The highest BCUT2D eigenvalue weighted by Crippen LogP contribution is 2.30. The van der Waals surface area contributed by atoms with Crippen LogP contribution < -0.4 is 5.32 Å². The summed E-state index contributed by atoms with van der Waals surface area (Å²) in [4.78, 5) is 13.4. The molecule has 9 N–H and O–H groups in total. The summed E-state index contributed by atoms with van der Waals surface area (Å²) in [6, 6.07) is -0.943. The molecular formula is C86H153NO13. The number of rotatable bonds is 69. The van der Waals surface area contributed by atoms with Crippen molar-refractivity contribution in [1.82, 2.24) is 5.32 Å². The molecule has 100 heavy (non-hydrogen) atoms. The number of carbonyl (C=O) groups excluding carboxylic acids is 1. The van der Waals surface area contributed by atoms with E-state index in [1.165, 1.54) is 238 Å². The molecule has 14 heteroatoms. The normalized spacial score (nSPS) is 22.3. The van der Waals surface area contributed by atoms with Crippen LogP contribution in [0.15, 0.2) is 97.2 Å². The first-order valence-corrected chi connectivity index (χ1v) is 41.5. The molecule has 0 aromatic heterocycles. The highest BCUT2D eigenvalue weighted by Gasteiger charge is 2.51. The molecule has 0 radical (unpaired) electrons. The van der Waals surface area contributed by atoms with Gasteiger partial charge in [0.2, 0.25) is 5.91 Å². The van der Waals surface area contributed by atoms with E-state index in [4.69, 9.17) is 18.9 Å². The van der Waals surface area contributed by atoms with Crippen molar-refractivity contribution in [2.24, 2.45) is 0 Å². The van der Waals surface area contributed by atoms with E-state index < -0.39 is 86.8 Å². The van der Waals surface area contributed by atoms with Gasteiger partial charge in [0.15, 0.2) is 12.6 Å². The maximum atomic E-state index is 13.4. The van der Waals surface area contributed by atoms with Gasteiger partial charge in [0, 0.05) is 6.42 Å². The second kappa shape index (κ2) is 69.0. The molecule has 0 aromatic rings. The lowest BCUT2D eigenvalue weighted by Gasteiger charge is -2.46. The van der Waals surface area contributed by atoms with E-state index in [-0.39, 0.29) is 18.9 Å². The number of ether oxygens (including phenoxy) is 4. The summed E-state index contributed by atoms with van der Waals surface area (Å²) in [5.41, 5.74) is 0. The maximum Gasteiger partial charge on any atom is 0.220 e. The van der Waals surface area contributed by atoms with Crippen LogP contribution in [0.5, 0.6) is 0 Å². The van der Waals surface area contributed by atoms with Crippen molar-refractivity contribution in [3.8, 4) is 0 Å². The standard InChI is InChI=1S/C86H153NO13/c1-3-5-7-9-11-13-15-17-19-21-23-25-27-29-31-32-33-34-35-36-37-38-39-40-41-42-44-46-48-50-52-54-56-58-60-62-64-66-68-70-78(91)87-74(73-97-85-83(96)81(94)84(77(72-89)99-85)100-86-82(95)80(93)79(92)76(71-88)98-86)75(90)69-67-65-63-61-59-57-55-53-51-49-47-45-43-30-28-26-24-22-20-18-16-14-12-10-8-6-4-2/h5,7,11,13,17,19,23,25,29,31,51,53,59,61,67,69,74-77,79-86,88-90,92-96H,3-4,6,8-10,12,14-16,18,20-22,24,26-28,30,32-50,52,54-58,60,62-66,68,70-73H2,1-2H3,(H,87,91)/b7-5-,13-11-,19-17-,25-23-,31-29-,53-51+,61-59+,69-67+. The van der Waals surface area contributed by atoms with E-state index in [2.05, 4.69) is 104 Å². The molecule has 0 spiro atoms. The van der Waals surface area contributed by atoms with Crippen LogP contribution >= 0.6 is 0 Å². The van der Waals surface area contributed by atoms with Gasteiger partial charge in [-0.3, -0.25) is 4.79 Å². The van der Waals surface area contributed by atoms with Crippen LogP contribution in [0.3, 0.4) is 0 Å². The fourth-order valence-electron chi connectivity index (χ4n) is 13.2. The Morgan fingerprint density at radius 2 is 0.700 bits per heavy atom. The average Bonchev–Trinajstić information content (AvgIpc) is 0.796. The number of nitrogens with one attached hydrogen (secondary N) is 1. The number of hydrogen-bond acceptors (Lipinski definition) is 13. The minimum atomic E-state index is -1.80. The highest BCUT2D eigenvalue weighted by molar-refractivity contribution is 5.76. The van der Waals surface area contributed by atoms with Crippen molar-refractivity contribution < 1.29 is 64.6 Å². The molecule has 2 fully saturated rings. The molecule has 12 unspecified atom stereocenters. The lowest BCUT2D eigenvalue weighted by Crippen LogP contribution is -2.65. The highest BCUT2D eigenvalue weighted by atomic mass is 16.7. The van der Waals surface area contributed by atoms with Gasteiger partial charge in [-0.1, -0.05) is 349 Å². The Labute approximate surface area is 611 Å². The molecule has 0 aromatic carbocycles. The van der Waals surface area contributed by atoms with Crippen LogP contribution in [-0.2, 0) is 23.7 Å². The van der Waals surface area contributed by atoms with Crippen LogP contribution in [0.4, 0.5) is 0 Å². The predicted octanol–water partition coefficient (Wildman–Crippen LogP) is 19.2. The number of carbonyl (C=O) groups is 1. The minimum absolute atomic E-state index is 0.249. The maximum absolute atomic E-state index is 13.4. The second-order valence-corrected chi connectivity index (χ2v) is 28.9. The fourth-order valence-corrected chi connectivity index (χ4v) is 13.2. The van der Waals surface area contributed by atoms with E-state index in [1.54, 1.807) is 6.08 Å². The van der Waals surface area contributed by atoms with E-state index in [9.17, 15) is 45.6 Å². The fraction of sp³-hybridized carbons (Fsp3) is 0.802. The van der Waals surface area contributed by atoms with Gasteiger partial charge in [-0.15, -0.1) is 0 Å². The number of aliphatic hydroxyl groups is 8. The minimum Gasteiger partial charge on any atom is -0.394 e. The smallest absolute Gasteiger partial charge is 0.220 e. The second-order valence-electron chi connectivity index (χ2n) is 28.9. The topological polar surface area (TPSA) is 228 Å². The van der Waals surface area contributed by atoms with Gasteiger partial charge in [0.25, 0.3) is 0 Å². The third kappa shape index (κ3) is 51.2. The lowest BCUT2D eigenvalue weighted by atomic mass is 9.97. The Kier molecular flexibility index (Phi) is 64.1. The van der Waals surface area contributed by atoms with Crippen LogP contribution in [0.2, 0.25) is 0 Å². The van der Waals surface area contributed by atoms with Gasteiger partial charge >= 0.3 is 0 Å². The van der Waals surface area contributed by atoms with Gasteiger partial charge in [-0.2, -0.15) is 0 Å². The van der Waals surface area contributed by atoms with Gasteiger partial charge in [-0.25, -0.2) is 0 Å². The zero-order chi connectivity index (χ0) is 72.2. The van der Waals surface area contributed by atoms with Crippen molar-refractivity contribution in [3.63, 3.8) is 0 Å². The zero-order valence-electron chi connectivity index (χ0n) is 63.7. The number of amides is 1. The molecule has 12 atom stereocenters. The van der Waals surface area contributed by atoms with Crippen LogP contribution in [0.1, 0.15) is 348 Å². The summed E-state index contributed by atoms with van der Waals surface area (Å²) >= 11 is 0. The SMILES string of the molecule is CC/C=C\C/C=C\C/C=C\C/C=C\C/C=C\CCCCCCCCCCCCCCCCCCCCCCCCCC(=O)NC(COC1OC(CO)C(OC2OC(CO)C(O)C(O)C2O)C(O)C1O)C(O)/C=C/CC/C=C/CC/C=C/CCCCCCCCCCCCCCCCCCC. The number of unbranched alkanes of at least 4 members (excludes halogenated alkanes) is 42. The first-order chi connectivity index (χ1) is 49.1. The predicted molar refractivity (Wildman–Crippen MR) is 415 cm³/mol. The molecule has 2 aliphatic heterocycles. The monoisotopic (exact) mass is 1410 g/mol. The number of hydrogen-bond donors (Lipinski definition) is 9. The van der Waals surface area contributed by atoms with E-state index in [0.29, 0.717) is 12.8 Å². The first kappa shape index (κ1) is 93.0. The number of aliphatic hydroxyl groups excluding tert-OH is 8. The summed E-state index contributed by atoms with van der Waals surface area (Å²) in [6.07, 6.45) is 82.2. The molecule has 2 aliphatic rings. The lowest BCUT2D eigenvalue weighted by molar-refractivity contribution is -0.359. The molecule has 580 valence electrons. The van der Waals surface area contributed by atoms with Crippen molar-refractivity contribution >= 4 is 5.91 Å². The molecule has 0 bridgehead atoms. The molecule has 2 saturated heterocycles. The van der Waals surface area contributed by atoms with Gasteiger partial charge < -0.3 is 65.1 Å². The van der Waals surface area contributed by atoms with Gasteiger partial charge in [0.1, 0.15) is 48.8 Å². The van der Waals surface area contributed by atoms with E-state index >= 15 is 0 Å². The van der Waals surface area contributed by atoms with Gasteiger partial charge in [0.05, 0.1) is 32.0 Å². The van der Waals surface area contributed by atoms with E-state index in [1.807, 2.05) is 6.08 Å². The molecule has 1 amide bonds. The van der Waals surface area contributed by atoms with Gasteiger partial charge in [-0.05, 0) is 89.9 Å².